The molecule has 12 heavy (non-hydrogen) atoms. The summed E-state index contributed by atoms with van der Waals surface area (Å²) < 4.78 is 0. The molecule has 0 bridgehead atoms. The van der Waals surface area contributed by atoms with Gasteiger partial charge < -0.3 is 4.90 Å². The molecule has 0 aromatic carbocycles. The summed E-state index contributed by atoms with van der Waals surface area (Å²) in [6, 6.07) is 0. The number of carbonyl (C=O) groups is 2. The third-order valence-electron chi connectivity index (χ3n) is 2.16. The number of carbonyl (C=O) groups excluding carboxylic acids is 2. The quantitative estimate of drug-likeness (QED) is 0.516. The maximum atomic E-state index is 11.3. The average Bonchev–Trinajstić information content (AvgIpc) is 2.07. The molecule has 4 nitrogen and oxygen atoms in total. The zero-order chi connectivity index (χ0) is 8.55. The van der Waals surface area contributed by atoms with Crippen LogP contribution in [0, 0.1) is 0 Å². The molecule has 1 atom stereocenters. The van der Waals surface area contributed by atoms with Crippen LogP contribution in [-0.4, -0.2) is 35.8 Å². The van der Waals surface area contributed by atoms with Crippen LogP contribution in [0.2, 0.25) is 0 Å². The van der Waals surface area contributed by atoms with E-state index in [2.05, 4.69) is 5.32 Å². The SMILES string of the molecule is O=C1C=CCN2C(=O)CCNC12. The first-order chi connectivity index (χ1) is 5.79. The molecule has 2 rings (SSSR count). The second-order valence-corrected chi connectivity index (χ2v) is 2.96. The predicted molar refractivity (Wildman–Crippen MR) is 42.3 cm³/mol. The third-order valence-corrected chi connectivity index (χ3v) is 2.16. The van der Waals surface area contributed by atoms with Gasteiger partial charge in [-0.2, -0.15) is 0 Å². The van der Waals surface area contributed by atoms with E-state index in [1.165, 1.54) is 6.08 Å². The van der Waals surface area contributed by atoms with Crippen molar-refractivity contribution in [3.05, 3.63) is 12.2 Å². The van der Waals surface area contributed by atoms with Crippen LogP contribution < -0.4 is 5.32 Å². The zero-order valence-electron chi connectivity index (χ0n) is 6.62. The number of hydrogen-bond donors (Lipinski definition) is 1. The molecule has 0 aliphatic carbocycles. The van der Waals surface area contributed by atoms with E-state index in [4.69, 9.17) is 0 Å². The van der Waals surface area contributed by atoms with Gasteiger partial charge in [0.15, 0.2) is 5.78 Å². The fourth-order valence-corrected chi connectivity index (χ4v) is 1.55. The number of ketones is 1. The normalized spacial score (nSPS) is 29.0. The Hall–Kier alpha value is -1.16. The molecule has 0 saturated carbocycles. The summed E-state index contributed by atoms with van der Waals surface area (Å²) in [5, 5.41) is 3.01. The van der Waals surface area contributed by atoms with Crippen LogP contribution in [-0.2, 0) is 9.59 Å². The van der Waals surface area contributed by atoms with Crippen molar-refractivity contribution in [1.82, 2.24) is 10.2 Å². The van der Waals surface area contributed by atoms with Crippen molar-refractivity contribution >= 4 is 11.7 Å². The number of amides is 1. The highest BCUT2D eigenvalue weighted by Gasteiger charge is 2.32. The predicted octanol–water partition coefficient (Wildman–Crippen LogP) is -0.727. The van der Waals surface area contributed by atoms with Gasteiger partial charge in [-0.25, -0.2) is 0 Å². The first kappa shape index (κ1) is 7.49. The fourth-order valence-electron chi connectivity index (χ4n) is 1.55. The minimum absolute atomic E-state index is 0.0192. The summed E-state index contributed by atoms with van der Waals surface area (Å²) >= 11 is 0. The van der Waals surface area contributed by atoms with E-state index in [1.807, 2.05) is 0 Å². The van der Waals surface area contributed by atoms with Crippen molar-refractivity contribution in [2.75, 3.05) is 13.1 Å². The molecule has 0 aromatic rings. The second kappa shape index (κ2) is 2.71. The fraction of sp³-hybridized carbons (Fsp3) is 0.500. The smallest absolute Gasteiger partial charge is 0.225 e. The van der Waals surface area contributed by atoms with E-state index in [1.54, 1.807) is 11.0 Å². The molecule has 0 spiro atoms. The largest absolute Gasteiger partial charge is 0.316 e. The first-order valence-electron chi connectivity index (χ1n) is 4.02. The molecule has 64 valence electrons. The van der Waals surface area contributed by atoms with Crippen LogP contribution in [0.25, 0.3) is 0 Å². The van der Waals surface area contributed by atoms with E-state index in [9.17, 15) is 9.59 Å². The Morgan fingerprint density at radius 3 is 3.08 bits per heavy atom. The average molecular weight is 166 g/mol. The highest BCUT2D eigenvalue weighted by Crippen LogP contribution is 2.11. The van der Waals surface area contributed by atoms with Gasteiger partial charge in [-0.15, -0.1) is 0 Å². The molecule has 2 aliphatic rings. The number of fused-ring (bicyclic) bond motifs is 1. The van der Waals surface area contributed by atoms with Gasteiger partial charge in [0.1, 0.15) is 6.17 Å². The van der Waals surface area contributed by atoms with Crippen molar-refractivity contribution in [3.8, 4) is 0 Å². The first-order valence-corrected chi connectivity index (χ1v) is 4.02. The molecular weight excluding hydrogens is 156 g/mol. The Balaban J connectivity index is 2.24. The lowest BCUT2D eigenvalue weighted by Crippen LogP contribution is -2.59. The Kier molecular flexibility index (Phi) is 1.69. The molecule has 1 fully saturated rings. The van der Waals surface area contributed by atoms with Crippen molar-refractivity contribution < 1.29 is 9.59 Å². The Labute approximate surface area is 70.2 Å². The molecule has 1 unspecified atom stereocenters. The van der Waals surface area contributed by atoms with Gasteiger partial charge >= 0.3 is 0 Å². The molecule has 1 saturated heterocycles. The van der Waals surface area contributed by atoms with Crippen LogP contribution in [0.15, 0.2) is 12.2 Å². The van der Waals surface area contributed by atoms with Gasteiger partial charge in [-0.1, -0.05) is 6.08 Å². The number of rotatable bonds is 0. The molecule has 1 amide bonds. The minimum atomic E-state index is -0.392. The van der Waals surface area contributed by atoms with Gasteiger partial charge in [0, 0.05) is 19.5 Å². The lowest BCUT2D eigenvalue weighted by atomic mass is 10.1. The van der Waals surface area contributed by atoms with Crippen molar-refractivity contribution in [3.63, 3.8) is 0 Å². The van der Waals surface area contributed by atoms with Gasteiger partial charge in [0.25, 0.3) is 0 Å². The summed E-state index contributed by atoms with van der Waals surface area (Å²) in [6.45, 7) is 1.17. The second-order valence-electron chi connectivity index (χ2n) is 2.96. The minimum Gasteiger partial charge on any atom is -0.316 e. The van der Waals surface area contributed by atoms with Crippen LogP contribution >= 0.6 is 0 Å². The van der Waals surface area contributed by atoms with Crippen LogP contribution in [0.3, 0.4) is 0 Å². The van der Waals surface area contributed by atoms with E-state index >= 15 is 0 Å². The zero-order valence-corrected chi connectivity index (χ0v) is 6.62. The maximum Gasteiger partial charge on any atom is 0.225 e. The summed E-state index contributed by atoms with van der Waals surface area (Å²) in [5.74, 6) is 0.0470. The molecule has 1 N–H and O–H groups in total. The van der Waals surface area contributed by atoms with Crippen LogP contribution in [0.4, 0.5) is 0 Å². The number of nitrogens with one attached hydrogen (secondary N) is 1. The highest BCUT2D eigenvalue weighted by molar-refractivity contribution is 5.98. The Morgan fingerprint density at radius 2 is 2.33 bits per heavy atom. The van der Waals surface area contributed by atoms with Crippen molar-refractivity contribution in [1.29, 1.82) is 0 Å². The van der Waals surface area contributed by atoms with E-state index in [-0.39, 0.29) is 11.7 Å². The van der Waals surface area contributed by atoms with E-state index in [0.29, 0.717) is 19.5 Å². The molecule has 4 heteroatoms. The summed E-state index contributed by atoms with van der Waals surface area (Å²) in [4.78, 5) is 24.1. The van der Waals surface area contributed by atoms with Gasteiger partial charge in [0.05, 0.1) is 0 Å². The summed E-state index contributed by atoms with van der Waals surface area (Å²) in [7, 11) is 0. The summed E-state index contributed by atoms with van der Waals surface area (Å²) in [6.07, 6.45) is 3.37. The maximum absolute atomic E-state index is 11.3. The monoisotopic (exact) mass is 166 g/mol. The van der Waals surface area contributed by atoms with Crippen molar-refractivity contribution in [2.45, 2.75) is 12.6 Å². The van der Waals surface area contributed by atoms with E-state index in [0.717, 1.165) is 0 Å². The van der Waals surface area contributed by atoms with Gasteiger partial charge in [-0.05, 0) is 6.08 Å². The Morgan fingerprint density at radius 1 is 1.50 bits per heavy atom. The van der Waals surface area contributed by atoms with Crippen LogP contribution in [0.1, 0.15) is 6.42 Å². The topological polar surface area (TPSA) is 49.4 Å². The van der Waals surface area contributed by atoms with Gasteiger partial charge in [0.2, 0.25) is 5.91 Å². The number of nitrogens with zero attached hydrogens (tertiary/aromatic N) is 1. The molecule has 2 aliphatic heterocycles. The van der Waals surface area contributed by atoms with Gasteiger partial charge in [-0.3, -0.25) is 14.9 Å². The highest BCUT2D eigenvalue weighted by atomic mass is 16.2. The standard InChI is InChI=1S/C8H10N2O2/c11-6-2-1-5-10-7(12)3-4-9-8(6)10/h1-2,8-9H,3-5H2. The Bertz CT molecular complexity index is 260. The van der Waals surface area contributed by atoms with Crippen molar-refractivity contribution in [2.24, 2.45) is 0 Å². The molecule has 0 aromatic heterocycles. The molecular formula is C8H10N2O2. The molecule has 2 heterocycles. The van der Waals surface area contributed by atoms with Crippen LogP contribution in [0.5, 0.6) is 0 Å². The lowest BCUT2D eigenvalue weighted by molar-refractivity contribution is -0.142. The number of hydrogen-bond acceptors (Lipinski definition) is 3. The lowest BCUT2D eigenvalue weighted by Gasteiger charge is -2.36. The van der Waals surface area contributed by atoms with E-state index < -0.39 is 6.17 Å². The molecule has 0 radical (unpaired) electrons. The third kappa shape index (κ3) is 1.04. The summed E-state index contributed by atoms with van der Waals surface area (Å²) in [5.41, 5.74) is 0.